The third-order valence-electron chi connectivity index (χ3n) is 2.43. The van der Waals surface area contributed by atoms with E-state index < -0.39 is 55.6 Å². The van der Waals surface area contributed by atoms with E-state index in [1.165, 1.54) is 0 Å². The molecule has 0 aromatic rings. The summed E-state index contributed by atoms with van der Waals surface area (Å²) in [5.41, 5.74) is 0. The van der Waals surface area contributed by atoms with Gasteiger partial charge in [-0.3, -0.25) is 0 Å². The molecule has 0 radical (unpaired) electrons. The predicted octanol–water partition coefficient (Wildman–Crippen LogP) is -4.38. The first-order valence-corrected chi connectivity index (χ1v) is 5.14. The average molecular weight is 270 g/mol. The van der Waals surface area contributed by atoms with Crippen LogP contribution in [0.3, 0.4) is 0 Å². The molecule has 0 aliphatic carbocycles. The Labute approximate surface area is 102 Å². The Morgan fingerprint density at radius 3 is 1.67 bits per heavy atom. The SMILES string of the molecule is O=C(O)C(O)C(O)CC(O)C(O)C(O)C(O)CO. The number of aliphatic hydroxyl groups is 7. The second-order valence-corrected chi connectivity index (χ2v) is 3.88. The van der Waals surface area contributed by atoms with Crippen LogP contribution in [-0.2, 0) is 4.79 Å². The molecular formula is C9H18O9. The summed E-state index contributed by atoms with van der Waals surface area (Å²) >= 11 is 0. The molecule has 0 aliphatic rings. The van der Waals surface area contributed by atoms with Gasteiger partial charge in [-0.25, -0.2) is 4.79 Å². The van der Waals surface area contributed by atoms with Gasteiger partial charge in [0.05, 0.1) is 18.8 Å². The Morgan fingerprint density at radius 2 is 1.28 bits per heavy atom. The highest BCUT2D eigenvalue weighted by Gasteiger charge is 2.34. The maximum Gasteiger partial charge on any atom is 0.335 e. The molecule has 0 fully saturated rings. The predicted molar refractivity (Wildman–Crippen MR) is 55.4 cm³/mol. The number of hydrogen-bond donors (Lipinski definition) is 8. The van der Waals surface area contributed by atoms with Crippen molar-refractivity contribution in [1.82, 2.24) is 0 Å². The summed E-state index contributed by atoms with van der Waals surface area (Å²) in [5.74, 6) is -1.71. The third kappa shape index (κ3) is 4.82. The quantitative estimate of drug-likeness (QED) is 0.216. The smallest absolute Gasteiger partial charge is 0.335 e. The van der Waals surface area contributed by atoms with Gasteiger partial charge in [0.2, 0.25) is 0 Å². The summed E-state index contributed by atoms with van der Waals surface area (Å²) in [6.07, 6.45) is -12.0. The van der Waals surface area contributed by atoms with Gasteiger partial charge in [-0.1, -0.05) is 0 Å². The fourth-order valence-electron chi connectivity index (χ4n) is 1.24. The molecular weight excluding hydrogens is 252 g/mol. The largest absolute Gasteiger partial charge is 0.479 e. The van der Waals surface area contributed by atoms with E-state index in [-0.39, 0.29) is 0 Å². The van der Waals surface area contributed by atoms with Crippen LogP contribution in [0.5, 0.6) is 0 Å². The van der Waals surface area contributed by atoms with E-state index in [0.29, 0.717) is 0 Å². The van der Waals surface area contributed by atoms with Gasteiger partial charge in [-0.05, 0) is 0 Å². The zero-order valence-corrected chi connectivity index (χ0v) is 9.36. The van der Waals surface area contributed by atoms with E-state index in [0.717, 1.165) is 0 Å². The van der Waals surface area contributed by atoms with E-state index in [9.17, 15) is 25.2 Å². The van der Waals surface area contributed by atoms with Gasteiger partial charge < -0.3 is 40.9 Å². The zero-order valence-electron chi connectivity index (χ0n) is 9.36. The average Bonchev–Trinajstić information content (AvgIpc) is 2.34. The van der Waals surface area contributed by atoms with Crippen LogP contribution in [0.25, 0.3) is 0 Å². The molecule has 0 amide bonds. The summed E-state index contributed by atoms with van der Waals surface area (Å²) < 4.78 is 0. The van der Waals surface area contributed by atoms with Crippen molar-refractivity contribution in [3.05, 3.63) is 0 Å². The van der Waals surface area contributed by atoms with Gasteiger partial charge in [0.1, 0.15) is 18.3 Å². The van der Waals surface area contributed by atoms with Crippen LogP contribution in [0, 0.1) is 0 Å². The van der Waals surface area contributed by atoms with E-state index in [4.69, 9.17) is 20.4 Å². The lowest BCUT2D eigenvalue weighted by molar-refractivity contribution is -0.157. The molecule has 0 aliphatic heterocycles. The molecule has 0 aromatic heterocycles. The molecule has 0 rings (SSSR count). The van der Waals surface area contributed by atoms with E-state index >= 15 is 0 Å². The van der Waals surface area contributed by atoms with Crippen LogP contribution in [-0.4, -0.2) is 90.1 Å². The van der Waals surface area contributed by atoms with Crippen LogP contribution in [0.4, 0.5) is 0 Å². The van der Waals surface area contributed by atoms with Crippen LogP contribution in [0.2, 0.25) is 0 Å². The van der Waals surface area contributed by atoms with Gasteiger partial charge in [0, 0.05) is 6.42 Å². The molecule has 6 atom stereocenters. The number of carboxylic acid groups (broad SMARTS) is 1. The first-order valence-electron chi connectivity index (χ1n) is 5.14. The van der Waals surface area contributed by atoms with Crippen molar-refractivity contribution in [2.24, 2.45) is 0 Å². The van der Waals surface area contributed by atoms with Crippen molar-refractivity contribution in [1.29, 1.82) is 0 Å². The highest BCUT2D eigenvalue weighted by atomic mass is 16.4. The first kappa shape index (κ1) is 17.2. The van der Waals surface area contributed by atoms with Crippen LogP contribution >= 0.6 is 0 Å². The minimum atomic E-state index is -2.15. The zero-order chi connectivity index (χ0) is 14.5. The molecule has 6 unspecified atom stereocenters. The van der Waals surface area contributed by atoms with Crippen molar-refractivity contribution in [2.75, 3.05) is 6.61 Å². The lowest BCUT2D eigenvalue weighted by Crippen LogP contribution is -2.48. The van der Waals surface area contributed by atoms with Crippen molar-refractivity contribution in [3.63, 3.8) is 0 Å². The lowest BCUT2D eigenvalue weighted by atomic mass is 9.97. The number of carbonyl (C=O) groups is 1. The van der Waals surface area contributed by atoms with Crippen molar-refractivity contribution in [2.45, 2.75) is 43.0 Å². The Hall–Kier alpha value is -0.810. The van der Waals surface area contributed by atoms with Crippen LogP contribution in [0.15, 0.2) is 0 Å². The second-order valence-electron chi connectivity index (χ2n) is 3.88. The van der Waals surface area contributed by atoms with Crippen LogP contribution < -0.4 is 0 Å². The summed E-state index contributed by atoms with van der Waals surface area (Å²) in [4.78, 5) is 10.3. The van der Waals surface area contributed by atoms with E-state index in [1.807, 2.05) is 0 Å². The van der Waals surface area contributed by atoms with Gasteiger partial charge in [0.15, 0.2) is 6.10 Å². The Bertz CT molecular complexity index is 258. The van der Waals surface area contributed by atoms with E-state index in [1.54, 1.807) is 0 Å². The molecule has 0 saturated heterocycles. The van der Waals surface area contributed by atoms with Gasteiger partial charge in [0.25, 0.3) is 0 Å². The number of carboxylic acids is 1. The third-order valence-corrected chi connectivity index (χ3v) is 2.43. The minimum absolute atomic E-state index is 0.732. The van der Waals surface area contributed by atoms with Crippen molar-refractivity contribution in [3.8, 4) is 0 Å². The fourth-order valence-corrected chi connectivity index (χ4v) is 1.24. The molecule has 9 nitrogen and oxygen atoms in total. The maximum atomic E-state index is 10.3. The molecule has 0 heterocycles. The Morgan fingerprint density at radius 1 is 0.833 bits per heavy atom. The topological polar surface area (TPSA) is 179 Å². The Kier molecular flexibility index (Phi) is 7.25. The normalized spacial score (nSPS) is 21.7. The Balaban J connectivity index is 4.39. The van der Waals surface area contributed by atoms with E-state index in [2.05, 4.69) is 0 Å². The minimum Gasteiger partial charge on any atom is -0.479 e. The molecule has 0 saturated carbocycles. The van der Waals surface area contributed by atoms with Crippen molar-refractivity contribution >= 4 is 5.97 Å². The lowest BCUT2D eigenvalue weighted by Gasteiger charge is -2.27. The first-order chi connectivity index (χ1) is 8.22. The molecule has 9 heteroatoms. The van der Waals surface area contributed by atoms with Gasteiger partial charge in [-0.15, -0.1) is 0 Å². The molecule has 0 bridgehead atoms. The molecule has 18 heavy (non-hydrogen) atoms. The molecule has 8 N–H and O–H groups in total. The van der Waals surface area contributed by atoms with Gasteiger partial charge in [-0.2, -0.15) is 0 Å². The van der Waals surface area contributed by atoms with Crippen molar-refractivity contribution < 1.29 is 45.6 Å². The summed E-state index contributed by atoms with van der Waals surface area (Å²) in [7, 11) is 0. The fraction of sp³-hybridized carbons (Fsp3) is 0.889. The highest BCUT2D eigenvalue weighted by Crippen LogP contribution is 2.12. The summed E-state index contributed by atoms with van der Waals surface area (Å²) in [6, 6.07) is 0. The number of aliphatic hydroxyl groups excluding tert-OH is 7. The number of hydrogen-bond acceptors (Lipinski definition) is 8. The summed E-state index contributed by atoms with van der Waals surface area (Å²) in [6.45, 7) is -0.856. The standard InChI is InChI=1S/C9H18O9/c10-2-5(13)7(15)6(14)3(11)1-4(12)8(16)9(17)18/h3-8,10-16H,1-2H2,(H,17,18). The monoisotopic (exact) mass is 270 g/mol. The highest BCUT2D eigenvalue weighted by molar-refractivity contribution is 5.72. The number of rotatable bonds is 8. The summed E-state index contributed by atoms with van der Waals surface area (Å²) in [5, 5.41) is 71.9. The second kappa shape index (κ2) is 7.59. The number of aliphatic carboxylic acids is 1. The molecule has 0 spiro atoms. The molecule has 108 valence electrons. The maximum absolute atomic E-state index is 10.3. The van der Waals surface area contributed by atoms with Gasteiger partial charge >= 0.3 is 5.97 Å². The molecule has 0 aromatic carbocycles. The van der Waals surface area contributed by atoms with Crippen LogP contribution in [0.1, 0.15) is 6.42 Å².